The van der Waals surface area contributed by atoms with E-state index in [1.165, 1.54) is 19.5 Å². The Balaban J connectivity index is 1.66. The minimum absolute atomic E-state index is 0.157. The number of amides is 1. The smallest absolute Gasteiger partial charge is 0.274 e. The van der Waals surface area contributed by atoms with Crippen molar-refractivity contribution in [2.75, 3.05) is 13.7 Å². The van der Waals surface area contributed by atoms with Crippen LogP contribution in [-0.2, 0) is 13.0 Å². The molecule has 1 aliphatic heterocycles. The Morgan fingerprint density at radius 1 is 1.28 bits per heavy atom. The van der Waals surface area contributed by atoms with E-state index in [-0.39, 0.29) is 5.91 Å². The van der Waals surface area contributed by atoms with Crippen molar-refractivity contribution in [2.45, 2.75) is 13.0 Å². The van der Waals surface area contributed by atoms with E-state index < -0.39 is 0 Å². The highest BCUT2D eigenvalue weighted by atomic mass is 35.5. The average molecular weight is 377 g/mol. The van der Waals surface area contributed by atoms with E-state index in [0.717, 1.165) is 22.2 Å². The van der Waals surface area contributed by atoms with E-state index in [1.54, 1.807) is 11.0 Å². The molecule has 0 unspecified atom stereocenters. The highest BCUT2D eigenvalue weighted by Crippen LogP contribution is 2.35. The van der Waals surface area contributed by atoms with Gasteiger partial charge < -0.3 is 14.6 Å². The number of H-pyrrole nitrogens is 1. The normalized spacial score (nSPS) is 13.8. The summed E-state index contributed by atoms with van der Waals surface area (Å²) in [6.07, 6.45) is 3.59. The fourth-order valence-corrected chi connectivity index (χ4v) is 3.46. The molecule has 3 heterocycles. The number of carbonyl (C=O) groups excluding carboxylic acids is 1. The van der Waals surface area contributed by atoms with Gasteiger partial charge in [-0.1, -0.05) is 29.3 Å². The zero-order chi connectivity index (χ0) is 17.6. The van der Waals surface area contributed by atoms with Crippen LogP contribution in [0.15, 0.2) is 24.5 Å². The van der Waals surface area contributed by atoms with Crippen molar-refractivity contribution in [1.82, 2.24) is 19.9 Å². The summed E-state index contributed by atoms with van der Waals surface area (Å²) in [5.41, 5.74) is 3.27. The van der Waals surface area contributed by atoms with Gasteiger partial charge in [0.05, 0.1) is 35.1 Å². The summed E-state index contributed by atoms with van der Waals surface area (Å²) < 4.78 is 4.97. The molecule has 0 atom stereocenters. The average Bonchev–Trinajstić information content (AvgIpc) is 3.03. The van der Waals surface area contributed by atoms with Crippen LogP contribution in [0.4, 0.5) is 0 Å². The number of carbonyl (C=O) groups is 1. The summed E-state index contributed by atoms with van der Waals surface area (Å²) in [6, 6.07) is 3.70. The van der Waals surface area contributed by atoms with Gasteiger partial charge in [-0.2, -0.15) is 0 Å². The number of fused-ring (bicyclic) bond motifs is 3. The van der Waals surface area contributed by atoms with Crippen LogP contribution < -0.4 is 4.74 Å². The van der Waals surface area contributed by atoms with Gasteiger partial charge in [0.2, 0.25) is 5.88 Å². The van der Waals surface area contributed by atoms with Gasteiger partial charge in [-0.05, 0) is 6.07 Å². The quantitative estimate of drug-likeness (QED) is 0.743. The van der Waals surface area contributed by atoms with Crippen molar-refractivity contribution in [1.29, 1.82) is 0 Å². The number of halogens is 2. The van der Waals surface area contributed by atoms with Crippen LogP contribution in [-0.4, -0.2) is 39.4 Å². The number of nitrogens with zero attached hydrogens (tertiary/aromatic N) is 3. The lowest BCUT2D eigenvalue weighted by atomic mass is 10.0. The topological polar surface area (TPSA) is 71.1 Å². The van der Waals surface area contributed by atoms with Gasteiger partial charge >= 0.3 is 0 Å². The van der Waals surface area contributed by atoms with E-state index in [4.69, 9.17) is 27.9 Å². The van der Waals surface area contributed by atoms with E-state index in [2.05, 4.69) is 15.0 Å². The third-order valence-corrected chi connectivity index (χ3v) is 5.19. The molecule has 0 bridgehead atoms. The maximum absolute atomic E-state index is 12.7. The molecule has 0 saturated heterocycles. The molecule has 6 nitrogen and oxygen atoms in total. The van der Waals surface area contributed by atoms with Gasteiger partial charge in [0.15, 0.2) is 0 Å². The summed E-state index contributed by atoms with van der Waals surface area (Å²) in [6.45, 7) is 1.08. The molecule has 1 N–H and O–H groups in total. The molecule has 2 aromatic heterocycles. The zero-order valence-electron chi connectivity index (χ0n) is 13.3. The Hall–Kier alpha value is -2.31. The predicted octanol–water partition coefficient (Wildman–Crippen LogP) is 3.47. The number of ether oxygens (including phenoxy) is 1. The lowest BCUT2D eigenvalue weighted by molar-refractivity contribution is 0.0728. The second kappa shape index (κ2) is 6.20. The molecule has 0 spiro atoms. The maximum Gasteiger partial charge on any atom is 0.274 e. The molecule has 0 fully saturated rings. The molecule has 1 aliphatic rings. The van der Waals surface area contributed by atoms with Gasteiger partial charge in [-0.15, -0.1) is 0 Å². The first-order chi connectivity index (χ1) is 12.1. The third-order valence-electron chi connectivity index (χ3n) is 4.38. The Kier molecular flexibility index (Phi) is 4.01. The molecular weight excluding hydrogens is 363 g/mol. The van der Waals surface area contributed by atoms with E-state index >= 15 is 0 Å². The van der Waals surface area contributed by atoms with Crippen molar-refractivity contribution in [3.63, 3.8) is 0 Å². The summed E-state index contributed by atoms with van der Waals surface area (Å²) >= 11 is 12.4. The van der Waals surface area contributed by atoms with E-state index in [0.29, 0.717) is 41.1 Å². The standard InChI is InChI=1S/C17H14Cl2N4O2/c1-25-14-7-20-13(6-21-14)17(24)23-5-4-12-10(8-23)9-2-3-11(18)15(19)16(9)22-12/h2-3,6-7,22H,4-5,8H2,1H3. The van der Waals surface area contributed by atoms with Gasteiger partial charge in [-0.3, -0.25) is 4.79 Å². The van der Waals surface area contributed by atoms with Crippen LogP contribution in [0.2, 0.25) is 10.0 Å². The van der Waals surface area contributed by atoms with Crippen molar-refractivity contribution in [3.05, 3.63) is 51.5 Å². The number of hydrogen-bond donors (Lipinski definition) is 1. The fourth-order valence-electron chi connectivity index (χ4n) is 3.09. The number of aromatic nitrogens is 3. The lowest BCUT2D eigenvalue weighted by Crippen LogP contribution is -2.36. The van der Waals surface area contributed by atoms with E-state index in [9.17, 15) is 4.79 Å². The van der Waals surface area contributed by atoms with Crippen LogP contribution in [0.1, 0.15) is 21.7 Å². The van der Waals surface area contributed by atoms with Crippen molar-refractivity contribution >= 4 is 40.0 Å². The third kappa shape index (κ3) is 2.71. The van der Waals surface area contributed by atoms with Crippen molar-refractivity contribution in [2.24, 2.45) is 0 Å². The molecule has 25 heavy (non-hydrogen) atoms. The van der Waals surface area contributed by atoms with Gasteiger partial charge in [0.1, 0.15) is 5.69 Å². The SMILES string of the molecule is COc1cnc(C(=O)N2CCc3[nH]c4c(Cl)c(Cl)ccc4c3C2)cn1. The van der Waals surface area contributed by atoms with E-state index in [1.807, 2.05) is 6.07 Å². The Labute approximate surface area is 153 Å². The van der Waals surface area contributed by atoms with Gasteiger partial charge in [-0.25, -0.2) is 9.97 Å². The van der Waals surface area contributed by atoms with Crippen LogP contribution >= 0.6 is 23.2 Å². The van der Waals surface area contributed by atoms with Gasteiger partial charge in [0.25, 0.3) is 5.91 Å². The summed E-state index contributed by atoms with van der Waals surface area (Å²) in [4.78, 5) is 26.0. The molecule has 1 aromatic carbocycles. The number of methoxy groups -OCH3 is 1. The van der Waals surface area contributed by atoms with Crippen LogP contribution in [0.5, 0.6) is 5.88 Å². The molecule has 0 saturated carbocycles. The summed E-state index contributed by atoms with van der Waals surface area (Å²) in [5, 5.41) is 2.00. The first-order valence-electron chi connectivity index (χ1n) is 7.71. The number of aromatic amines is 1. The molecule has 0 aliphatic carbocycles. The number of rotatable bonds is 2. The number of benzene rings is 1. The molecule has 1 amide bonds. The largest absolute Gasteiger partial charge is 0.480 e. The number of hydrogen-bond acceptors (Lipinski definition) is 4. The van der Waals surface area contributed by atoms with Crippen LogP contribution in [0, 0.1) is 0 Å². The highest BCUT2D eigenvalue weighted by Gasteiger charge is 2.26. The molecule has 4 rings (SSSR count). The first-order valence-corrected chi connectivity index (χ1v) is 8.47. The molecule has 8 heteroatoms. The maximum atomic E-state index is 12.7. The van der Waals surface area contributed by atoms with Gasteiger partial charge in [0, 0.05) is 36.2 Å². The molecule has 128 valence electrons. The molecule has 3 aromatic rings. The summed E-state index contributed by atoms with van der Waals surface area (Å²) in [5.74, 6) is 0.218. The zero-order valence-corrected chi connectivity index (χ0v) is 14.9. The highest BCUT2D eigenvalue weighted by molar-refractivity contribution is 6.45. The Bertz CT molecular complexity index is 969. The lowest BCUT2D eigenvalue weighted by Gasteiger charge is -2.26. The Morgan fingerprint density at radius 2 is 2.12 bits per heavy atom. The second-order valence-corrected chi connectivity index (χ2v) is 6.57. The van der Waals surface area contributed by atoms with Crippen LogP contribution in [0.25, 0.3) is 10.9 Å². The molecule has 0 radical (unpaired) electrons. The minimum atomic E-state index is -0.157. The van der Waals surface area contributed by atoms with Crippen molar-refractivity contribution in [3.8, 4) is 5.88 Å². The summed E-state index contributed by atoms with van der Waals surface area (Å²) in [7, 11) is 1.51. The predicted molar refractivity (Wildman–Crippen MR) is 95.3 cm³/mol. The first kappa shape index (κ1) is 16.2. The number of nitrogens with one attached hydrogen (secondary N) is 1. The fraction of sp³-hybridized carbons (Fsp3) is 0.235. The minimum Gasteiger partial charge on any atom is -0.480 e. The molecular formula is C17H14Cl2N4O2. The van der Waals surface area contributed by atoms with Crippen LogP contribution in [0.3, 0.4) is 0 Å². The monoisotopic (exact) mass is 376 g/mol. The Morgan fingerprint density at radius 3 is 2.84 bits per heavy atom. The van der Waals surface area contributed by atoms with Crippen molar-refractivity contribution < 1.29 is 9.53 Å². The second-order valence-electron chi connectivity index (χ2n) is 5.79.